The highest BCUT2D eigenvalue weighted by Gasteiger charge is 2.39. The molecule has 0 unspecified atom stereocenters. The number of anilines is 1. The molecule has 2 heterocycles. The summed E-state index contributed by atoms with van der Waals surface area (Å²) in [4.78, 5) is 4.45. The molecule has 20 heavy (non-hydrogen) atoms. The minimum absolute atomic E-state index is 0.0700. The van der Waals surface area contributed by atoms with Gasteiger partial charge in [0.15, 0.2) is 0 Å². The van der Waals surface area contributed by atoms with Gasteiger partial charge in [-0.1, -0.05) is 30.4 Å². The van der Waals surface area contributed by atoms with E-state index in [9.17, 15) is 4.39 Å². The van der Waals surface area contributed by atoms with Gasteiger partial charge in [-0.2, -0.15) is 0 Å². The number of allylic oxidation sites excluding steroid dienone is 2. The largest absolute Gasteiger partial charge is 0.374 e. The van der Waals surface area contributed by atoms with E-state index in [4.69, 9.17) is 0 Å². The van der Waals surface area contributed by atoms with E-state index in [1.807, 2.05) is 24.3 Å². The van der Waals surface area contributed by atoms with Crippen LogP contribution in [0, 0.1) is 11.7 Å². The fourth-order valence-electron chi connectivity index (χ4n) is 3.44. The first-order valence-electron chi connectivity index (χ1n) is 6.97. The minimum atomic E-state index is -0.179. The molecule has 2 nitrogen and oxygen atoms in total. The number of pyridine rings is 1. The Bertz CT molecular complexity index is 666. The number of para-hydroxylation sites is 1. The van der Waals surface area contributed by atoms with Gasteiger partial charge in [-0.05, 0) is 36.1 Å². The van der Waals surface area contributed by atoms with Crippen LogP contribution in [0.4, 0.5) is 10.1 Å². The molecule has 0 fully saturated rings. The molecule has 3 heteroatoms. The van der Waals surface area contributed by atoms with Crippen molar-refractivity contribution in [1.82, 2.24) is 4.98 Å². The SMILES string of the molecule is Fc1cccc2c1N[C@@H](c1ccccn1)[C@H]1CC=C[C@H]21. The number of nitrogens with one attached hydrogen (secondary N) is 1. The van der Waals surface area contributed by atoms with Crippen molar-refractivity contribution in [3.8, 4) is 0 Å². The van der Waals surface area contributed by atoms with Crippen molar-refractivity contribution in [3.63, 3.8) is 0 Å². The summed E-state index contributed by atoms with van der Waals surface area (Å²) in [6.45, 7) is 0. The molecule has 0 saturated heterocycles. The Morgan fingerprint density at radius 3 is 2.95 bits per heavy atom. The molecular formula is C17H15FN2. The molecule has 0 bridgehead atoms. The summed E-state index contributed by atoms with van der Waals surface area (Å²) in [5.41, 5.74) is 2.69. The molecule has 1 N–H and O–H groups in total. The summed E-state index contributed by atoms with van der Waals surface area (Å²) < 4.78 is 14.1. The van der Waals surface area contributed by atoms with E-state index >= 15 is 0 Å². The van der Waals surface area contributed by atoms with Gasteiger partial charge in [0.25, 0.3) is 0 Å². The van der Waals surface area contributed by atoms with Gasteiger partial charge in [0.1, 0.15) is 5.82 Å². The number of halogens is 1. The van der Waals surface area contributed by atoms with Crippen LogP contribution in [-0.2, 0) is 0 Å². The highest BCUT2D eigenvalue weighted by atomic mass is 19.1. The van der Waals surface area contributed by atoms with Crippen molar-refractivity contribution in [3.05, 3.63) is 71.8 Å². The van der Waals surface area contributed by atoms with Gasteiger partial charge in [-0.15, -0.1) is 0 Å². The highest BCUT2D eigenvalue weighted by Crippen LogP contribution is 2.49. The molecule has 1 aliphatic carbocycles. The quantitative estimate of drug-likeness (QED) is 0.788. The van der Waals surface area contributed by atoms with E-state index in [1.54, 1.807) is 12.3 Å². The zero-order valence-electron chi connectivity index (χ0n) is 11.0. The Morgan fingerprint density at radius 2 is 2.10 bits per heavy atom. The average molecular weight is 266 g/mol. The third kappa shape index (κ3) is 1.66. The number of nitrogens with zero attached hydrogens (tertiary/aromatic N) is 1. The van der Waals surface area contributed by atoms with Gasteiger partial charge in [0.05, 0.1) is 17.4 Å². The van der Waals surface area contributed by atoms with Gasteiger partial charge in [0, 0.05) is 12.1 Å². The summed E-state index contributed by atoms with van der Waals surface area (Å²) >= 11 is 0. The molecule has 0 saturated carbocycles. The van der Waals surface area contributed by atoms with Gasteiger partial charge in [0.2, 0.25) is 0 Å². The lowest BCUT2D eigenvalue weighted by Crippen LogP contribution is -2.30. The van der Waals surface area contributed by atoms with E-state index in [1.165, 1.54) is 6.07 Å². The Hall–Kier alpha value is -2.16. The van der Waals surface area contributed by atoms with Crippen LogP contribution in [0.3, 0.4) is 0 Å². The maximum Gasteiger partial charge on any atom is 0.146 e. The second-order valence-corrected chi connectivity index (χ2v) is 5.43. The lowest BCUT2D eigenvalue weighted by Gasteiger charge is -2.36. The van der Waals surface area contributed by atoms with Crippen molar-refractivity contribution >= 4 is 5.69 Å². The average Bonchev–Trinajstić information content (AvgIpc) is 2.97. The zero-order valence-corrected chi connectivity index (χ0v) is 11.0. The monoisotopic (exact) mass is 266 g/mol. The highest BCUT2D eigenvalue weighted by molar-refractivity contribution is 5.60. The third-order valence-corrected chi connectivity index (χ3v) is 4.35. The Morgan fingerprint density at radius 1 is 1.15 bits per heavy atom. The Labute approximate surface area is 117 Å². The predicted molar refractivity (Wildman–Crippen MR) is 77.0 cm³/mol. The zero-order chi connectivity index (χ0) is 13.5. The van der Waals surface area contributed by atoms with Gasteiger partial charge >= 0.3 is 0 Å². The van der Waals surface area contributed by atoms with E-state index in [0.717, 1.165) is 17.7 Å². The topological polar surface area (TPSA) is 24.9 Å². The van der Waals surface area contributed by atoms with Crippen molar-refractivity contribution in [2.45, 2.75) is 18.4 Å². The predicted octanol–water partition coefficient (Wildman–Crippen LogP) is 4.05. The van der Waals surface area contributed by atoms with Gasteiger partial charge in [-0.25, -0.2) is 4.39 Å². The first-order valence-corrected chi connectivity index (χ1v) is 6.97. The normalized spacial score (nSPS) is 26.8. The maximum atomic E-state index is 14.1. The molecule has 2 aliphatic rings. The minimum Gasteiger partial charge on any atom is -0.374 e. The van der Waals surface area contributed by atoms with Crippen LogP contribution < -0.4 is 5.32 Å². The summed E-state index contributed by atoms with van der Waals surface area (Å²) in [6, 6.07) is 11.3. The van der Waals surface area contributed by atoms with Gasteiger partial charge < -0.3 is 5.32 Å². The molecule has 100 valence electrons. The molecule has 4 rings (SSSR count). The van der Waals surface area contributed by atoms with Crippen LogP contribution in [0.2, 0.25) is 0 Å². The number of hydrogen-bond donors (Lipinski definition) is 1. The first-order chi connectivity index (χ1) is 9.84. The van der Waals surface area contributed by atoms with Crippen molar-refractivity contribution in [2.24, 2.45) is 5.92 Å². The van der Waals surface area contributed by atoms with Crippen LogP contribution in [0.1, 0.15) is 29.6 Å². The second kappa shape index (κ2) is 4.44. The van der Waals surface area contributed by atoms with Crippen molar-refractivity contribution in [1.29, 1.82) is 0 Å². The standard InChI is InChI=1S/C17H15FN2/c18-14-8-4-7-12-11-5-3-6-13(11)17(20-16(12)14)15-9-1-2-10-19-15/h1-5,7-11,13,17,20H,6H2/t11-,13+,17-/m1/s1. The molecule has 0 amide bonds. The summed E-state index contributed by atoms with van der Waals surface area (Å²) in [5.74, 6) is 0.523. The van der Waals surface area contributed by atoms with Gasteiger partial charge in [-0.3, -0.25) is 4.98 Å². The first kappa shape index (κ1) is 11.6. The van der Waals surface area contributed by atoms with Crippen molar-refractivity contribution in [2.75, 3.05) is 5.32 Å². The molecule has 1 aromatic carbocycles. The smallest absolute Gasteiger partial charge is 0.146 e. The molecule has 1 aliphatic heterocycles. The van der Waals surface area contributed by atoms with Crippen LogP contribution in [0.25, 0.3) is 0 Å². The number of aromatic nitrogens is 1. The van der Waals surface area contributed by atoms with Crippen LogP contribution in [0.5, 0.6) is 0 Å². The summed E-state index contributed by atoms with van der Waals surface area (Å²) in [6.07, 6.45) is 7.22. The number of rotatable bonds is 1. The number of hydrogen-bond acceptors (Lipinski definition) is 2. The Balaban J connectivity index is 1.83. The fourth-order valence-corrected chi connectivity index (χ4v) is 3.44. The Kier molecular flexibility index (Phi) is 2.59. The molecular weight excluding hydrogens is 251 g/mol. The van der Waals surface area contributed by atoms with E-state index in [0.29, 0.717) is 11.6 Å². The van der Waals surface area contributed by atoms with Crippen molar-refractivity contribution < 1.29 is 4.39 Å². The lowest BCUT2D eigenvalue weighted by atomic mass is 9.78. The summed E-state index contributed by atoms with van der Waals surface area (Å²) in [7, 11) is 0. The maximum absolute atomic E-state index is 14.1. The summed E-state index contributed by atoms with van der Waals surface area (Å²) in [5, 5.41) is 3.38. The number of fused-ring (bicyclic) bond motifs is 3. The third-order valence-electron chi connectivity index (χ3n) is 4.35. The van der Waals surface area contributed by atoms with E-state index in [-0.39, 0.29) is 17.8 Å². The lowest BCUT2D eigenvalue weighted by molar-refractivity contribution is 0.414. The molecule has 2 aromatic rings. The second-order valence-electron chi connectivity index (χ2n) is 5.43. The van der Waals surface area contributed by atoms with E-state index < -0.39 is 0 Å². The molecule has 0 spiro atoms. The van der Waals surface area contributed by atoms with Crippen LogP contribution >= 0.6 is 0 Å². The number of benzene rings is 1. The molecule has 0 radical (unpaired) electrons. The molecule has 1 aromatic heterocycles. The van der Waals surface area contributed by atoms with Crippen LogP contribution in [0.15, 0.2) is 54.7 Å². The fraction of sp³-hybridized carbons (Fsp3) is 0.235. The van der Waals surface area contributed by atoms with Crippen LogP contribution in [-0.4, -0.2) is 4.98 Å². The molecule has 3 atom stereocenters. The van der Waals surface area contributed by atoms with E-state index in [2.05, 4.69) is 22.5 Å².